The molecule has 0 amide bonds. The van der Waals surface area contributed by atoms with Crippen LogP contribution in [0.2, 0.25) is 0 Å². The molecule has 0 aromatic heterocycles. The molecule has 0 N–H and O–H groups in total. The minimum Gasteiger partial charge on any atom is -0.131 e. The molecule has 0 fully saturated rings. The molecule has 0 bridgehead atoms. The van der Waals surface area contributed by atoms with Crippen molar-refractivity contribution in [2.75, 3.05) is 5.75 Å². The molecular formula is C4H4Cl2S. The predicted molar refractivity (Wildman–Crippen MR) is 36.0 cm³/mol. The van der Waals surface area contributed by atoms with E-state index in [1.54, 1.807) is 17.8 Å². The highest BCUT2D eigenvalue weighted by molar-refractivity contribution is 8.02. The zero-order valence-corrected chi connectivity index (χ0v) is 5.85. The summed E-state index contributed by atoms with van der Waals surface area (Å²) in [7, 11) is 0. The molecule has 40 valence electrons. The normalized spacial score (nSPS) is 26.0. The fraction of sp³-hybridized carbons (Fsp3) is 0.500. The van der Waals surface area contributed by atoms with Crippen molar-refractivity contribution >= 4 is 35.0 Å². The monoisotopic (exact) mass is 154 g/mol. The molecule has 0 radical (unpaired) electrons. The molecule has 0 nitrogen and oxygen atoms in total. The summed E-state index contributed by atoms with van der Waals surface area (Å²) in [5.74, 6) is 0.788. The zero-order chi connectivity index (χ0) is 5.33. The van der Waals surface area contributed by atoms with Crippen LogP contribution in [0, 0.1) is 0 Å². The highest BCUT2D eigenvalue weighted by atomic mass is 35.5. The third-order valence-electron chi connectivity index (χ3n) is 0.684. The summed E-state index contributed by atoms with van der Waals surface area (Å²) in [4.78, 5) is 0. The maximum absolute atomic E-state index is 5.63. The average molecular weight is 155 g/mol. The second kappa shape index (κ2) is 1.88. The molecule has 0 atom stereocenters. The SMILES string of the molecule is ClC1(Cl)C=CSC1. The lowest BCUT2D eigenvalue weighted by Crippen LogP contribution is -2.06. The minimum absolute atomic E-state index is 0.579. The van der Waals surface area contributed by atoms with Gasteiger partial charge in [-0.3, -0.25) is 0 Å². The van der Waals surface area contributed by atoms with Gasteiger partial charge in [0.15, 0.2) is 0 Å². The quantitative estimate of drug-likeness (QED) is 0.484. The largest absolute Gasteiger partial charge is 0.146 e. The van der Waals surface area contributed by atoms with Gasteiger partial charge in [0.25, 0.3) is 0 Å². The molecule has 0 spiro atoms. The predicted octanol–water partition coefficient (Wildman–Crippen LogP) is 2.42. The highest BCUT2D eigenvalue weighted by Gasteiger charge is 2.22. The Morgan fingerprint density at radius 2 is 2.29 bits per heavy atom. The molecule has 7 heavy (non-hydrogen) atoms. The van der Waals surface area contributed by atoms with Crippen LogP contribution < -0.4 is 0 Å². The van der Waals surface area contributed by atoms with Crippen LogP contribution >= 0.6 is 35.0 Å². The Hall–Kier alpha value is 0.670. The summed E-state index contributed by atoms with van der Waals surface area (Å²) >= 11 is 12.9. The number of thioether (sulfide) groups is 1. The molecule has 1 heterocycles. The number of rotatable bonds is 0. The van der Waals surface area contributed by atoms with Crippen molar-refractivity contribution < 1.29 is 0 Å². The first-order chi connectivity index (χ1) is 3.21. The summed E-state index contributed by atoms with van der Waals surface area (Å²) in [5, 5.41) is 1.92. The summed E-state index contributed by atoms with van der Waals surface area (Å²) in [6.45, 7) is 0. The maximum Gasteiger partial charge on any atom is 0.146 e. The second-order valence-corrected chi connectivity index (χ2v) is 3.81. The van der Waals surface area contributed by atoms with Gasteiger partial charge in [0, 0.05) is 5.75 Å². The van der Waals surface area contributed by atoms with Crippen LogP contribution in [0.3, 0.4) is 0 Å². The van der Waals surface area contributed by atoms with Gasteiger partial charge in [-0.05, 0) is 11.5 Å². The summed E-state index contributed by atoms with van der Waals surface area (Å²) in [6, 6.07) is 0. The van der Waals surface area contributed by atoms with Gasteiger partial charge in [-0.25, -0.2) is 0 Å². The fourth-order valence-electron chi connectivity index (χ4n) is 0.355. The van der Waals surface area contributed by atoms with Crippen molar-refractivity contribution in [2.45, 2.75) is 4.33 Å². The Kier molecular flexibility index (Phi) is 1.56. The van der Waals surface area contributed by atoms with E-state index < -0.39 is 4.33 Å². The smallest absolute Gasteiger partial charge is 0.131 e. The molecule has 0 aromatic rings. The van der Waals surface area contributed by atoms with Crippen LogP contribution in [0.5, 0.6) is 0 Å². The molecule has 0 saturated carbocycles. The molecule has 3 heteroatoms. The number of hydrogen-bond acceptors (Lipinski definition) is 1. The van der Waals surface area contributed by atoms with Gasteiger partial charge in [-0.1, -0.05) is 23.2 Å². The van der Waals surface area contributed by atoms with Gasteiger partial charge in [0.1, 0.15) is 4.33 Å². The lowest BCUT2D eigenvalue weighted by Gasteiger charge is -2.03. The Balaban J connectivity index is 2.57. The van der Waals surface area contributed by atoms with Crippen molar-refractivity contribution in [2.24, 2.45) is 0 Å². The van der Waals surface area contributed by atoms with Crippen LogP contribution in [0.25, 0.3) is 0 Å². The zero-order valence-electron chi connectivity index (χ0n) is 3.53. The molecular weight excluding hydrogens is 151 g/mol. The van der Waals surface area contributed by atoms with Crippen LogP contribution in [0.4, 0.5) is 0 Å². The van der Waals surface area contributed by atoms with E-state index >= 15 is 0 Å². The van der Waals surface area contributed by atoms with E-state index in [2.05, 4.69) is 0 Å². The Labute approximate surface area is 56.9 Å². The second-order valence-electron chi connectivity index (χ2n) is 1.37. The van der Waals surface area contributed by atoms with Crippen molar-refractivity contribution in [3.8, 4) is 0 Å². The Morgan fingerprint density at radius 3 is 2.43 bits per heavy atom. The van der Waals surface area contributed by atoms with Gasteiger partial charge in [-0.15, -0.1) is 11.8 Å². The molecule has 0 unspecified atom stereocenters. The van der Waals surface area contributed by atoms with E-state index in [-0.39, 0.29) is 0 Å². The molecule has 0 aromatic carbocycles. The van der Waals surface area contributed by atoms with Crippen LogP contribution in [0.1, 0.15) is 0 Å². The number of alkyl halides is 2. The van der Waals surface area contributed by atoms with Crippen molar-refractivity contribution in [3.05, 3.63) is 11.5 Å². The lowest BCUT2D eigenvalue weighted by atomic mass is 10.5. The van der Waals surface area contributed by atoms with E-state index in [1.165, 1.54) is 0 Å². The summed E-state index contributed by atoms with van der Waals surface area (Å²) in [6.07, 6.45) is 1.79. The van der Waals surface area contributed by atoms with E-state index in [9.17, 15) is 0 Å². The lowest BCUT2D eigenvalue weighted by molar-refractivity contribution is 1.16. The summed E-state index contributed by atoms with van der Waals surface area (Å²) in [5.41, 5.74) is 0. The molecule has 1 rings (SSSR count). The van der Waals surface area contributed by atoms with Crippen LogP contribution in [0.15, 0.2) is 11.5 Å². The van der Waals surface area contributed by atoms with Gasteiger partial charge in [0.2, 0.25) is 0 Å². The standard InChI is InChI=1S/C4H4Cl2S/c5-4(6)1-2-7-3-4/h1-2H,3H2. The number of hydrogen-bond donors (Lipinski definition) is 0. The van der Waals surface area contributed by atoms with Crippen LogP contribution in [-0.4, -0.2) is 10.1 Å². The van der Waals surface area contributed by atoms with Gasteiger partial charge < -0.3 is 0 Å². The van der Waals surface area contributed by atoms with Gasteiger partial charge in [0.05, 0.1) is 0 Å². The number of halogens is 2. The fourth-order valence-corrected chi connectivity index (χ4v) is 1.75. The minimum atomic E-state index is -0.579. The molecule has 0 aliphatic carbocycles. The third-order valence-corrected chi connectivity index (χ3v) is 2.47. The van der Waals surface area contributed by atoms with Crippen LogP contribution in [-0.2, 0) is 0 Å². The van der Waals surface area contributed by atoms with E-state index in [4.69, 9.17) is 23.2 Å². The average Bonchev–Trinajstić information content (AvgIpc) is 1.84. The maximum atomic E-state index is 5.63. The van der Waals surface area contributed by atoms with Gasteiger partial charge >= 0.3 is 0 Å². The summed E-state index contributed by atoms with van der Waals surface area (Å²) < 4.78 is -0.579. The topological polar surface area (TPSA) is 0 Å². The molecule has 1 aliphatic heterocycles. The first-order valence-corrected chi connectivity index (χ1v) is 3.68. The van der Waals surface area contributed by atoms with Crippen molar-refractivity contribution in [1.82, 2.24) is 0 Å². The Bertz CT molecular complexity index is 97.9. The highest BCUT2D eigenvalue weighted by Crippen LogP contribution is 2.33. The number of allylic oxidation sites excluding steroid dienone is 1. The first-order valence-electron chi connectivity index (χ1n) is 1.88. The van der Waals surface area contributed by atoms with E-state index in [0.717, 1.165) is 5.75 Å². The first kappa shape index (κ1) is 5.80. The molecule has 0 saturated heterocycles. The van der Waals surface area contributed by atoms with Gasteiger partial charge in [-0.2, -0.15) is 0 Å². The van der Waals surface area contributed by atoms with Crippen molar-refractivity contribution in [3.63, 3.8) is 0 Å². The Morgan fingerprint density at radius 1 is 1.57 bits per heavy atom. The third kappa shape index (κ3) is 1.56. The van der Waals surface area contributed by atoms with Crippen molar-refractivity contribution in [1.29, 1.82) is 0 Å². The van der Waals surface area contributed by atoms with E-state index in [0.29, 0.717) is 0 Å². The molecule has 1 aliphatic rings. The van der Waals surface area contributed by atoms with E-state index in [1.807, 2.05) is 5.41 Å².